The molecule has 0 radical (unpaired) electrons. The Bertz CT molecular complexity index is 2120. The summed E-state index contributed by atoms with van der Waals surface area (Å²) in [6.45, 7) is 9.18. The number of carbonyl (C=O) groups excluding carboxylic acids is 10. The van der Waals surface area contributed by atoms with E-state index in [4.69, 9.17) is 5.73 Å². The largest absolute Gasteiger partial charge is 0.481 e. The van der Waals surface area contributed by atoms with Crippen molar-refractivity contribution < 1.29 is 87.9 Å². The van der Waals surface area contributed by atoms with Gasteiger partial charge < -0.3 is 83.6 Å². The fraction of sp³-hybridized carbons (Fsp3) is 0.723. The van der Waals surface area contributed by atoms with Crippen LogP contribution in [0.4, 0.5) is 0 Å². The quantitative estimate of drug-likeness (QED) is 0.0309. The lowest BCUT2D eigenvalue weighted by atomic mass is 9.96. The number of likely N-dealkylation sites (tertiary alicyclic amines) is 2. The molecule has 0 saturated carbocycles. The van der Waals surface area contributed by atoms with Crippen molar-refractivity contribution in [1.82, 2.24) is 52.3 Å². The Morgan fingerprint density at radius 1 is 0.605 bits per heavy atom. The predicted molar refractivity (Wildman–Crippen MR) is 264 cm³/mol. The highest BCUT2D eigenvalue weighted by Gasteiger charge is 2.42. The predicted octanol–water partition coefficient (Wildman–Crippen LogP) is -5.02. The minimum absolute atomic E-state index is 0.0166. The van der Waals surface area contributed by atoms with Crippen molar-refractivity contribution in [2.75, 3.05) is 32.8 Å². The molecule has 29 heteroatoms. The Labute approximate surface area is 439 Å². The van der Waals surface area contributed by atoms with E-state index in [2.05, 4.69) is 37.2 Å². The molecule has 0 aliphatic carbocycles. The normalized spacial score (nSPS) is 18.8. The minimum Gasteiger partial charge on any atom is -0.481 e. The average molecular weight is 1080 g/mol. The van der Waals surface area contributed by atoms with Crippen molar-refractivity contribution in [3.05, 3.63) is 0 Å². The van der Waals surface area contributed by atoms with Crippen LogP contribution in [0.2, 0.25) is 0 Å². The molecule has 10 amide bonds. The van der Waals surface area contributed by atoms with E-state index in [0.717, 1.165) is 11.8 Å². The monoisotopic (exact) mass is 1080 g/mol. The van der Waals surface area contributed by atoms with E-state index < -0.39 is 182 Å². The van der Waals surface area contributed by atoms with Crippen LogP contribution in [-0.2, 0) is 62.3 Å². The molecule has 2 fully saturated rings. The summed E-state index contributed by atoms with van der Waals surface area (Å²) in [6, 6.07) is -13.5. The Morgan fingerprint density at radius 3 is 1.61 bits per heavy atom. The van der Waals surface area contributed by atoms with Gasteiger partial charge in [-0.1, -0.05) is 48.0 Å². The molecule has 0 spiro atoms. The first-order valence-corrected chi connectivity index (χ1v) is 25.2. The van der Waals surface area contributed by atoms with Crippen LogP contribution in [0, 0.1) is 17.8 Å². The number of aliphatic carboxylic acids is 3. The highest BCUT2D eigenvalue weighted by atomic mass is 16.4. The average Bonchev–Trinajstić information content (AvgIpc) is 4.06. The van der Waals surface area contributed by atoms with E-state index in [1.165, 1.54) is 18.7 Å². The van der Waals surface area contributed by atoms with Gasteiger partial charge in [0, 0.05) is 19.5 Å². The zero-order valence-electron chi connectivity index (χ0n) is 43.9. The molecule has 2 saturated heterocycles. The molecule has 0 aromatic carbocycles. The molecular weight excluding hydrogens is 1010 g/mol. The lowest BCUT2D eigenvalue weighted by Gasteiger charge is -2.32. The van der Waals surface area contributed by atoms with Crippen molar-refractivity contribution in [2.45, 2.75) is 167 Å². The van der Waals surface area contributed by atoms with Gasteiger partial charge in [-0.25, -0.2) is 4.79 Å². The van der Waals surface area contributed by atoms with Crippen LogP contribution in [0.25, 0.3) is 0 Å². The van der Waals surface area contributed by atoms with Crippen LogP contribution in [0.15, 0.2) is 0 Å². The Balaban J connectivity index is 2.33. The molecule has 428 valence electrons. The summed E-state index contributed by atoms with van der Waals surface area (Å²) in [7, 11) is 0. The van der Waals surface area contributed by atoms with Crippen LogP contribution >= 0.6 is 0 Å². The van der Waals surface area contributed by atoms with Crippen molar-refractivity contribution in [1.29, 1.82) is 0 Å². The molecule has 15 N–H and O–H groups in total. The standard InChI is InChI=1S/C47H77N11O18/c1-8-24(6)37(55-39(67)26(13-14-34(63)64)50-43(71)30-11-9-15-57(30)33(62)20-49-32(61)19-48)45(73)52-27(17-22(2)3)40(68)51-28(18-35(65)66)41(69)54-36(23(4)5)46(74)58-16-10-12-31(58)44(72)53-29(21-59)42(70)56-38(25(7)60)47(75)76/h22-31,36-38,59-60H,8-21,48H2,1-7H3,(H,49,61)(H,50,71)(H,51,68)(H,52,73)(H,53,72)(H,54,69)(H,55,67)(H,56,70)(H,63,64)(H,65,66)(H,75,76)/t24-,25+,26-,27-,28-,29-,30-,31-,36-,37-,38-/m0/s1. The number of carboxylic acid groups (broad SMARTS) is 3. The third-order valence-electron chi connectivity index (χ3n) is 12.9. The Morgan fingerprint density at radius 2 is 1.11 bits per heavy atom. The van der Waals surface area contributed by atoms with Gasteiger partial charge >= 0.3 is 17.9 Å². The van der Waals surface area contributed by atoms with E-state index in [0.29, 0.717) is 6.42 Å². The number of aliphatic hydroxyl groups is 2. The molecule has 2 aliphatic rings. The second kappa shape index (κ2) is 31.1. The Hall–Kier alpha value is -7.01. The molecule has 0 unspecified atom stereocenters. The lowest BCUT2D eigenvalue weighted by Crippen LogP contribution is -2.62. The number of amides is 10. The maximum atomic E-state index is 14.2. The van der Waals surface area contributed by atoms with E-state index in [1.54, 1.807) is 27.7 Å². The second-order valence-corrected chi connectivity index (χ2v) is 19.7. The van der Waals surface area contributed by atoms with Gasteiger partial charge in [0.1, 0.15) is 48.3 Å². The van der Waals surface area contributed by atoms with E-state index in [-0.39, 0.29) is 57.7 Å². The fourth-order valence-corrected chi connectivity index (χ4v) is 8.42. The molecule has 29 nitrogen and oxygen atoms in total. The van der Waals surface area contributed by atoms with E-state index in [1.807, 2.05) is 5.32 Å². The summed E-state index contributed by atoms with van der Waals surface area (Å²) in [5, 5.41) is 67.4. The zero-order valence-corrected chi connectivity index (χ0v) is 43.9. The third kappa shape index (κ3) is 19.9. The summed E-state index contributed by atoms with van der Waals surface area (Å²) in [5.74, 6) is -15.1. The first-order valence-electron chi connectivity index (χ1n) is 25.2. The van der Waals surface area contributed by atoms with Crippen LogP contribution < -0.4 is 48.3 Å². The number of aliphatic hydroxyl groups excluding tert-OH is 2. The van der Waals surface area contributed by atoms with Gasteiger partial charge in [-0.05, 0) is 63.2 Å². The fourth-order valence-electron chi connectivity index (χ4n) is 8.42. The van der Waals surface area contributed by atoms with E-state index >= 15 is 0 Å². The molecule has 2 rings (SSSR count). The van der Waals surface area contributed by atoms with Crippen LogP contribution in [0.1, 0.15) is 106 Å². The maximum absolute atomic E-state index is 14.2. The Kier molecular flexibility index (Phi) is 26.7. The molecule has 0 aromatic rings. The zero-order chi connectivity index (χ0) is 57.7. The molecular formula is C47H77N11O18. The number of nitrogens with one attached hydrogen (secondary N) is 8. The minimum atomic E-state index is -1.86. The highest BCUT2D eigenvalue weighted by Crippen LogP contribution is 2.22. The number of rotatable bonds is 31. The lowest BCUT2D eigenvalue weighted by molar-refractivity contribution is -0.146. The smallest absolute Gasteiger partial charge is 0.328 e. The summed E-state index contributed by atoms with van der Waals surface area (Å²) >= 11 is 0. The topological polar surface area (TPSA) is 452 Å². The van der Waals surface area contributed by atoms with Crippen molar-refractivity contribution in [3.8, 4) is 0 Å². The van der Waals surface area contributed by atoms with Gasteiger partial charge in [-0.2, -0.15) is 0 Å². The molecule has 0 aromatic heterocycles. The maximum Gasteiger partial charge on any atom is 0.328 e. The SMILES string of the molecule is CC[C@H](C)[C@H](NC(=O)[C@H](CCC(=O)O)NC(=O)[C@@H]1CCCN1C(=O)CNC(=O)CN)C(=O)N[C@@H](CC(C)C)C(=O)N[C@@H](CC(=O)O)C(=O)N[C@H](C(=O)N1CCC[C@H]1C(=O)N[C@@H](CO)C(=O)N[C@H](C(=O)O)[C@@H](C)O)C(C)C. The van der Waals surface area contributed by atoms with Gasteiger partial charge in [-0.15, -0.1) is 0 Å². The number of nitrogens with zero attached hydrogens (tertiary/aromatic N) is 2. The summed E-state index contributed by atoms with van der Waals surface area (Å²) < 4.78 is 0. The van der Waals surface area contributed by atoms with Crippen LogP contribution in [-0.4, -0.2) is 206 Å². The van der Waals surface area contributed by atoms with Crippen LogP contribution in [0.3, 0.4) is 0 Å². The van der Waals surface area contributed by atoms with Gasteiger partial charge in [-0.3, -0.25) is 57.5 Å². The van der Waals surface area contributed by atoms with Gasteiger partial charge in [0.25, 0.3) is 0 Å². The number of hydrogen-bond acceptors (Lipinski definition) is 16. The van der Waals surface area contributed by atoms with E-state index in [9.17, 15) is 87.9 Å². The van der Waals surface area contributed by atoms with Gasteiger partial charge in [0.2, 0.25) is 59.1 Å². The molecule has 2 aliphatic heterocycles. The molecule has 2 heterocycles. The van der Waals surface area contributed by atoms with Crippen molar-refractivity contribution >= 4 is 77.0 Å². The van der Waals surface area contributed by atoms with Gasteiger partial charge in [0.05, 0.1) is 32.2 Å². The summed E-state index contributed by atoms with van der Waals surface area (Å²) in [6.07, 6.45) is -2.49. The third-order valence-corrected chi connectivity index (χ3v) is 12.9. The second-order valence-electron chi connectivity index (χ2n) is 19.7. The number of carbonyl (C=O) groups is 13. The molecule has 76 heavy (non-hydrogen) atoms. The number of carboxylic acids is 3. The molecule has 0 bridgehead atoms. The number of nitrogens with two attached hydrogens (primary N) is 1. The van der Waals surface area contributed by atoms with Crippen molar-refractivity contribution in [3.63, 3.8) is 0 Å². The van der Waals surface area contributed by atoms with Gasteiger partial charge in [0.15, 0.2) is 6.04 Å². The summed E-state index contributed by atoms with van der Waals surface area (Å²) in [5.41, 5.74) is 5.29. The van der Waals surface area contributed by atoms with Crippen molar-refractivity contribution in [2.24, 2.45) is 23.5 Å². The van der Waals surface area contributed by atoms with Crippen LogP contribution in [0.5, 0.6) is 0 Å². The first-order chi connectivity index (χ1) is 35.6. The first kappa shape index (κ1) is 65.1. The highest BCUT2D eigenvalue weighted by molar-refractivity contribution is 5.99. The number of hydrogen-bond donors (Lipinski definition) is 14. The summed E-state index contributed by atoms with van der Waals surface area (Å²) in [4.78, 5) is 172. The molecule has 11 atom stereocenters.